The van der Waals surface area contributed by atoms with Gasteiger partial charge in [-0.05, 0) is 29.2 Å². The molecule has 0 radical (unpaired) electrons. The van der Waals surface area contributed by atoms with Gasteiger partial charge in [-0.25, -0.2) is 4.98 Å². The number of aromatic nitrogens is 2. The summed E-state index contributed by atoms with van der Waals surface area (Å²) in [5, 5.41) is 3.65. The number of hydrogen-bond donors (Lipinski definition) is 2. The third-order valence-corrected chi connectivity index (χ3v) is 5.16. The van der Waals surface area contributed by atoms with E-state index in [1.165, 1.54) is 16.7 Å². The van der Waals surface area contributed by atoms with E-state index in [0.29, 0.717) is 5.95 Å². The topological polar surface area (TPSA) is 85.5 Å². The second-order valence-electron chi connectivity index (χ2n) is 6.85. The van der Waals surface area contributed by atoms with Crippen molar-refractivity contribution >= 4 is 11.8 Å². The van der Waals surface area contributed by atoms with Crippen molar-refractivity contribution in [1.29, 1.82) is 0 Å². The molecule has 26 heavy (non-hydrogen) atoms. The maximum atomic E-state index is 5.71. The second-order valence-corrected chi connectivity index (χ2v) is 6.85. The lowest BCUT2D eigenvalue weighted by atomic mass is 10.00. The molecule has 2 aliphatic heterocycles. The molecule has 7 heteroatoms. The van der Waals surface area contributed by atoms with E-state index >= 15 is 0 Å². The van der Waals surface area contributed by atoms with Gasteiger partial charge in [0.2, 0.25) is 5.95 Å². The Labute approximate surface area is 153 Å². The summed E-state index contributed by atoms with van der Waals surface area (Å²) in [5.41, 5.74) is 9.72. The second kappa shape index (κ2) is 7.57. The number of hydrogen-bond acceptors (Lipinski definition) is 7. The van der Waals surface area contributed by atoms with Crippen molar-refractivity contribution in [3.8, 4) is 0 Å². The van der Waals surface area contributed by atoms with Crippen LogP contribution in [0.5, 0.6) is 0 Å². The normalized spacial score (nSPS) is 22.4. The number of nitrogens with one attached hydrogen (secondary N) is 1. The monoisotopic (exact) mass is 355 g/mol. The zero-order valence-electron chi connectivity index (χ0n) is 15.0. The molecule has 0 unspecified atom stereocenters. The van der Waals surface area contributed by atoms with E-state index in [9.17, 15) is 0 Å². The van der Waals surface area contributed by atoms with Crippen molar-refractivity contribution in [3.05, 3.63) is 47.2 Å². The van der Waals surface area contributed by atoms with Gasteiger partial charge in [0.1, 0.15) is 5.82 Å². The first-order valence-electron chi connectivity index (χ1n) is 9.01. The van der Waals surface area contributed by atoms with Crippen LogP contribution in [0.3, 0.4) is 0 Å². The minimum absolute atomic E-state index is 0.109. The van der Waals surface area contributed by atoms with Crippen LogP contribution in [0.1, 0.15) is 16.7 Å². The van der Waals surface area contributed by atoms with E-state index in [0.717, 1.165) is 45.1 Å². The number of nitrogens with two attached hydrogens (primary N) is 1. The van der Waals surface area contributed by atoms with Crippen LogP contribution in [0.15, 0.2) is 30.5 Å². The lowest BCUT2D eigenvalue weighted by molar-refractivity contribution is 0.0966. The Hall–Kier alpha value is -2.22. The first-order valence-corrected chi connectivity index (χ1v) is 9.01. The summed E-state index contributed by atoms with van der Waals surface area (Å²) < 4.78 is 11.2. The van der Waals surface area contributed by atoms with Crippen molar-refractivity contribution in [1.82, 2.24) is 15.3 Å². The van der Waals surface area contributed by atoms with Crippen LogP contribution in [0.4, 0.5) is 11.8 Å². The highest BCUT2D eigenvalue weighted by Gasteiger charge is 2.33. The molecule has 0 spiro atoms. The number of fused-ring (bicyclic) bond motifs is 1. The minimum Gasteiger partial charge on any atom is -0.378 e. The summed E-state index contributed by atoms with van der Waals surface area (Å²) >= 11 is 0. The molecule has 3 heterocycles. The lowest BCUT2D eigenvalue weighted by Gasteiger charge is -2.20. The van der Waals surface area contributed by atoms with Crippen LogP contribution < -0.4 is 16.0 Å². The summed E-state index contributed by atoms with van der Waals surface area (Å²) in [6.07, 6.45) is 2.80. The Morgan fingerprint density at radius 2 is 2.23 bits per heavy atom. The van der Waals surface area contributed by atoms with E-state index in [-0.39, 0.29) is 12.1 Å². The summed E-state index contributed by atoms with van der Waals surface area (Å²) in [4.78, 5) is 10.5. The molecule has 138 valence electrons. The molecule has 0 bridgehead atoms. The van der Waals surface area contributed by atoms with Gasteiger partial charge in [0, 0.05) is 32.9 Å². The van der Waals surface area contributed by atoms with Gasteiger partial charge >= 0.3 is 0 Å². The fraction of sp³-hybridized carbons (Fsp3) is 0.474. The Bertz CT molecular complexity index is 769. The average molecular weight is 355 g/mol. The van der Waals surface area contributed by atoms with Crippen LogP contribution in [0.25, 0.3) is 0 Å². The lowest BCUT2D eigenvalue weighted by Crippen LogP contribution is -2.39. The Morgan fingerprint density at radius 3 is 3.08 bits per heavy atom. The van der Waals surface area contributed by atoms with Crippen molar-refractivity contribution in [2.24, 2.45) is 0 Å². The van der Waals surface area contributed by atoms with E-state index in [4.69, 9.17) is 15.2 Å². The van der Waals surface area contributed by atoms with Gasteiger partial charge in [-0.15, -0.1) is 0 Å². The van der Waals surface area contributed by atoms with Gasteiger partial charge in [0.15, 0.2) is 0 Å². The molecule has 2 atom stereocenters. The summed E-state index contributed by atoms with van der Waals surface area (Å²) in [7, 11) is 1.76. The average Bonchev–Trinajstić information content (AvgIpc) is 3.09. The summed E-state index contributed by atoms with van der Waals surface area (Å²) in [6.45, 7) is 3.97. The molecule has 7 nitrogen and oxygen atoms in total. The van der Waals surface area contributed by atoms with Gasteiger partial charge in [-0.3, -0.25) is 0 Å². The van der Waals surface area contributed by atoms with Gasteiger partial charge in [-0.1, -0.05) is 18.2 Å². The molecule has 3 N–H and O–H groups in total. The predicted octanol–water partition coefficient (Wildman–Crippen LogP) is 1.12. The number of benzene rings is 1. The number of nitrogen functional groups attached to an aromatic ring is 1. The van der Waals surface area contributed by atoms with Gasteiger partial charge in [-0.2, -0.15) is 4.98 Å². The number of anilines is 2. The first-order chi connectivity index (χ1) is 12.7. The van der Waals surface area contributed by atoms with Crippen LogP contribution in [-0.4, -0.2) is 48.9 Å². The molecule has 4 rings (SSSR count). The quantitative estimate of drug-likeness (QED) is 0.831. The molecule has 0 saturated carbocycles. The summed E-state index contributed by atoms with van der Waals surface area (Å²) in [5.74, 6) is 1.14. The molecule has 1 aromatic heterocycles. The molecule has 1 fully saturated rings. The van der Waals surface area contributed by atoms with E-state index in [2.05, 4.69) is 38.4 Å². The fourth-order valence-electron chi connectivity index (χ4n) is 3.71. The highest BCUT2D eigenvalue weighted by atomic mass is 16.5. The van der Waals surface area contributed by atoms with Crippen molar-refractivity contribution < 1.29 is 9.47 Å². The maximum absolute atomic E-state index is 5.71. The molecular weight excluding hydrogens is 330 g/mol. The van der Waals surface area contributed by atoms with Gasteiger partial charge < -0.3 is 25.4 Å². The van der Waals surface area contributed by atoms with E-state index in [1.807, 2.05) is 6.07 Å². The Morgan fingerprint density at radius 1 is 1.31 bits per heavy atom. The number of nitrogens with zero attached hydrogens (tertiary/aromatic N) is 3. The summed E-state index contributed by atoms with van der Waals surface area (Å²) in [6, 6.07) is 8.78. The molecule has 2 aromatic rings. The Balaban J connectivity index is 1.41. The van der Waals surface area contributed by atoms with Gasteiger partial charge in [0.25, 0.3) is 0 Å². The zero-order chi connectivity index (χ0) is 17.9. The van der Waals surface area contributed by atoms with E-state index in [1.54, 1.807) is 13.3 Å². The highest BCUT2D eigenvalue weighted by Crippen LogP contribution is 2.22. The van der Waals surface area contributed by atoms with Crippen molar-refractivity contribution in [3.63, 3.8) is 0 Å². The molecular formula is C19H25N5O2. The molecule has 0 aliphatic carbocycles. The molecule has 1 aromatic carbocycles. The number of ether oxygens (including phenoxy) is 2. The van der Waals surface area contributed by atoms with E-state index < -0.39 is 0 Å². The van der Waals surface area contributed by atoms with Gasteiger partial charge in [0.05, 0.1) is 25.4 Å². The van der Waals surface area contributed by atoms with Crippen molar-refractivity contribution in [2.45, 2.75) is 31.7 Å². The third kappa shape index (κ3) is 3.65. The Kier molecular flexibility index (Phi) is 5.01. The fourth-order valence-corrected chi connectivity index (χ4v) is 3.71. The van der Waals surface area contributed by atoms with Crippen LogP contribution >= 0.6 is 0 Å². The first kappa shape index (κ1) is 17.2. The molecule has 0 amide bonds. The number of rotatable bonds is 5. The van der Waals surface area contributed by atoms with Crippen LogP contribution in [0, 0.1) is 0 Å². The SMILES string of the molecule is CO[C@@H]1CN(c2ccnc(N)n2)C[C@@H]1NCc1ccc2c(c1)CCOC2. The maximum Gasteiger partial charge on any atom is 0.221 e. The molecule has 1 saturated heterocycles. The molecule has 2 aliphatic rings. The largest absolute Gasteiger partial charge is 0.378 e. The number of methoxy groups -OCH3 is 1. The highest BCUT2D eigenvalue weighted by molar-refractivity contribution is 5.43. The minimum atomic E-state index is 0.109. The van der Waals surface area contributed by atoms with Crippen LogP contribution in [0.2, 0.25) is 0 Å². The van der Waals surface area contributed by atoms with Crippen LogP contribution in [-0.2, 0) is 29.0 Å². The smallest absolute Gasteiger partial charge is 0.221 e. The zero-order valence-corrected chi connectivity index (χ0v) is 15.0. The third-order valence-electron chi connectivity index (χ3n) is 5.16. The standard InChI is InChI=1S/C19H25N5O2/c1-25-17-11-24(18-4-6-21-19(20)23-18)10-16(17)22-9-13-2-3-15-12-26-7-5-14(15)8-13/h2-4,6,8,16-17,22H,5,7,9-12H2,1H3,(H2,20,21,23)/t16-,17+/m0/s1. The van der Waals surface area contributed by atoms with Crippen molar-refractivity contribution in [2.75, 3.05) is 37.4 Å². The predicted molar refractivity (Wildman–Crippen MR) is 99.9 cm³/mol.